The van der Waals surface area contributed by atoms with E-state index in [-0.39, 0.29) is 0 Å². The van der Waals surface area contributed by atoms with Crippen molar-refractivity contribution in [2.24, 2.45) is 0 Å². The van der Waals surface area contributed by atoms with Crippen LogP contribution in [0.25, 0.3) is 88.4 Å². The number of benzene rings is 8. The molecule has 8 aromatic carbocycles. The monoisotopic (exact) mass is 650 g/mol. The molecule has 0 atom stereocenters. The highest BCUT2D eigenvalue weighted by Crippen LogP contribution is 2.39. The van der Waals surface area contributed by atoms with Crippen LogP contribution < -0.4 is 0 Å². The van der Waals surface area contributed by atoms with Gasteiger partial charge in [0, 0.05) is 32.9 Å². The zero-order valence-electron chi connectivity index (χ0n) is 28.3. The van der Waals surface area contributed by atoms with Crippen molar-refractivity contribution >= 4 is 43.6 Å². The Bertz CT molecular complexity index is 2890. The topological polar surface area (TPSA) is 9.86 Å². The molecule has 0 radical (unpaired) electrons. The molecule has 240 valence electrons. The summed E-state index contributed by atoms with van der Waals surface area (Å²) in [6, 6.07) is 68.4. The van der Waals surface area contributed by atoms with E-state index in [4.69, 9.17) is 0 Å². The Morgan fingerprint density at radius 2 is 0.706 bits per heavy atom. The summed E-state index contributed by atoms with van der Waals surface area (Å²) in [6.45, 7) is 2.23. The fourth-order valence-electron chi connectivity index (χ4n) is 7.99. The van der Waals surface area contributed by atoms with Gasteiger partial charge in [-0.15, -0.1) is 0 Å². The quantitative estimate of drug-likeness (QED) is 0.175. The molecule has 0 N–H and O–H groups in total. The van der Waals surface area contributed by atoms with E-state index in [1.54, 1.807) is 0 Å². The first-order chi connectivity index (χ1) is 25.2. The number of nitrogens with zero attached hydrogens (tertiary/aromatic N) is 2. The SMILES string of the molecule is Cc1cc(-c2ccc(-c3ccccc3)cc2)ccc1-n1c2ccccc2c2cc(-c3ccc4c(c3)c3ccccc3n4-c3ccccc3)ccc21. The van der Waals surface area contributed by atoms with E-state index in [1.165, 1.54) is 93.9 Å². The van der Waals surface area contributed by atoms with Crippen LogP contribution in [-0.4, -0.2) is 9.13 Å². The molecule has 2 nitrogen and oxygen atoms in total. The molecule has 0 spiro atoms. The molecule has 10 aromatic rings. The third-order valence-electron chi connectivity index (χ3n) is 10.5. The summed E-state index contributed by atoms with van der Waals surface area (Å²) >= 11 is 0. The van der Waals surface area contributed by atoms with Crippen LogP contribution in [0.1, 0.15) is 5.56 Å². The van der Waals surface area contributed by atoms with E-state index in [1.807, 2.05) is 0 Å². The molecule has 0 saturated carbocycles. The third kappa shape index (κ3) is 4.80. The smallest absolute Gasteiger partial charge is 0.0541 e. The van der Waals surface area contributed by atoms with Crippen LogP contribution >= 0.6 is 0 Å². The van der Waals surface area contributed by atoms with Crippen LogP contribution in [0.5, 0.6) is 0 Å². The van der Waals surface area contributed by atoms with Crippen LogP contribution in [-0.2, 0) is 0 Å². The number of rotatable bonds is 5. The van der Waals surface area contributed by atoms with E-state index in [9.17, 15) is 0 Å². The van der Waals surface area contributed by atoms with Gasteiger partial charge >= 0.3 is 0 Å². The lowest BCUT2D eigenvalue weighted by Gasteiger charge is -2.14. The maximum atomic E-state index is 2.43. The average molecular weight is 651 g/mol. The lowest BCUT2D eigenvalue weighted by atomic mass is 9.98. The van der Waals surface area contributed by atoms with E-state index in [2.05, 4.69) is 204 Å². The number of hydrogen-bond donors (Lipinski definition) is 0. The van der Waals surface area contributed by atoms with Crippen molar-refractivity contribution in [2.75, 3.05) is 0 Å². The Kier molecular flexibility index (Phi) is 6.75. The maximum absolute atomic E-state index is 2.43. The van der Waals surface area contributed by atoms with E-state index in [0.29, 0.717) is 0 Å². The van der Waals surface area contributed by atoms with Crippen molar-refractivity contribution in [3.05, 3.63) is 194 Å². The van der Waals surface area contributed by atoms with Gasteiger partial charge in [-0.25, -0.2) is 0 Å². The number of para-hydroxylation sites is 3. The molecule has 51 heavy (non-hydrogen) atoms. The van der Waals surface area contributed by atoms with E-state index < -0.39 is 0 Å². The Labute approximate surface area is 297 Å². The molecule has 0 saturated heterocycles. The van der Waals surface area contributed by atoms with Gasteiger partial charge in [-0.1, -0.05) is 127 Å². The molecule has 0 fully saturated rings. The highest BCUT2D eigenvalue weighted by molar-refractivity contribution is 6.12. The van der Waals surface area contributed by atoms with E-state index >= 15 is 0 Å². The zero-order chi connectivity index (χ0) is 33.9. The second kappa shape index (κ2) is 11.8. The van der Waals surface area contributed by atoms with E-state index in [0.717, 1.165) is 0 Å². The predicted octanol–water partition coefficient (Wildman–Crippen LogP) is 13.2. The van der Waals surface area contributed by atoms with Gasteiger partial charge in [0.2, 0.25) is 0 Å². The standard InChI is InChI=1S/C49H34N2/c1-33-30-37(36-22-20-35(21-23-36)34-12-4-2-5-13-34)24-27-45(33)51-47-19-11-9-17-42(47)44-32-39(26-29-49(44)51)38-25-28-48-43(31-38)41-16-8-10-18-46(41)50(48)40-14-6-3-7-15-40/h2-32H,1H3. The first-order valence-corrected chi connectivity index (χ1v) is 17.6. The number of aromatic nitrogens is 2. The number of fused-ring (bicyclic) bond motifs is 6. The summed E-state index contributed by atoms with van der Waals surface area (Å²) < 4.78 is 4.81. The van der Waals surface area contributed by atoms with Gasteiger partial charge in [0.05, 0.1) is 22.1 Å². The molecule has 0 unspecified atom stereocenters. The van der Waals surface area contributed by atoms with Gasteiger partial charge in [-0.3, -0.25) is 0 Å². The molecule has 0 aliphatic heterocycles. The Morgan fingerprint density at radius 3 is 1.31 bits per heavy atom. The van der Waals surface area contributed by atoms with Crippen molar-refractivity contribution in [3.8, 4) is 44.8 Å². The summed E-state index contributed by atoms with van der Waals surface area (Å²) in [5, 5.41) is 5.05. The van der Waals surface area contributed by atoms with Gasteiger partial charge in [-0.05, 0) is 107 Å². The lowest BCUT2D eigenvalue weighted by Crippen LogP contribution is -1.97. The van der Waals surface area contributed by atoms with Crippen molar-refractivity contribution in [1.82, 2.24) is 9.13 Å². The molecule has 2 heterocycles. The summed E-state index contributed by atoms with van der Waals surface area (Å²) in [4.78, 5) is 0. The van der Waals surface area contributed by atoms with Gasteiger partial charge in [0.15, 0.2) is 0 Å². The van der Waals surface area contributed by atoms with Crippen LogP contribution in [0.3, 0.4) is 0 Å². The molecule has 0 aliphatic rings. The molecular weight excluding hydrogens is 617 g/mol. The van der Waals surface area contributed by atoms with Crippen LogP contribution in [0.2, 0.25) is 0 Å². The molecule has 0 amide bonds. The summed E-state index contributed by atoms with van der Waals surface area (Å²) in [5.74, 6) is 0. The fraction of sp³-hybridized carbons (Fsp3) is 0.0204. The fourth-order valence-corrected chi connectivity index (χ4v) is 7.99. The highest BCUT2D eigenvalue weighted by Gasteiger charge is 2.17. The highest BCUT2D eigenvalue weighted by atomic mass is 15.0. The van der Waals surface area contributed by atoms with Gasteiger partial charge in [0.1, 0.15) is 0 Å². The second-order valence-electron chi connectivity index (χ2n) is 13.4. The minimum absolute atomic E-state index is 1.18. The maximum Gasteiger partial charge on any atom is 0.0541 e. The minimum Gasteiger partial charge on any atom is -0.309 e. The van der Waals surface area contributed by atoms with Crippen molar-refractivity contribution in [2.45, 2.75) is 6.92 Å². The lowest BCUT2D eigenvalue weighted by molar-refractivity contribution is 1.15. The van der Waals surface area contributed by atoms with Gasteiger partial charge < -0.3 is 9.13 Å². The Hall–Kier alpha value is -6.64. The molecule has 2 aromatic heterocycles. The van der Waals surface area contributed by atoms with Crippen molar-refractivity contribution in [3.63, 3.8) is 0 Å². The largest absolute Gasteiger partial charge is 0.309 e. The average Bonchev–Trinajstić information content (AvgIpc) is 3.71. The van der Waals surface area contributed by atoms with Crippen LogP contribution in [0.15, 0.2) is 188 Å². The molecule has 2 heteroatoms. The molecule has 10 rings (SSSR count). The van der Waals surface area contributed by atoms with Crippen molar-refractivity contribution < 1.29 is 0 Å². The number of hydrogen-bond acceptors (Lipinski definition) is 0. The Balaban J connectivity index is 1.07. The third-order valence-corrected chi connectivity index (χ3v) is 10.5. The summed E-state index contributed by atoms with van der Waals surface area (Å²) in [5.41, 5.74) is 15.8. The minimum atomic E-state index is 1.18. The molecule has 0 bridgehead atoms. The Morgan fingerprint density at radius 1 is 0.294 bits per heavy atom. The van der Waals surface area contributed by atoms with Gasteiger partial charge in [-0.2, -0.15) is 0 Å². The predicted molar refractivity (Wildman–Crippen MR) is 216 cm³/mol. The zero-order valence-corrected chi connectivity index (χ0v) is 28.3. The first kappa shape index (κ1) is 29.3. The summed E-state index contributed by atoms with van der Waals surface area (Å²) in [6.07, 6.45) is 0. The van der Waals surface area contributed by atoms with Crippen LogP contribution in [0.4, 0.5) is 0 Å². The molecular formula is C49H34N2. The van der Waals surface area contributed by atoms with Crippen molar-refractivity contribution in [1.29, 1.82) is 0 Å². The second-order valence-corrected chi connectivity index (χ2v) is 13.4. The summed E-state index contributed by atoms with van der Waals surface area (Å²) in [7, 11) is 0. The first-order valence-electron chi connectivity index (χ1n) is 17.6. The number of aryl methyl sites for hydroxylation is 1. The molecule has 0 aliphatic carbocycles. The van der Waals surface area contributed by atoms with Gasteiger partial charge in [0.25, 0.3) is 0 Å². The normalized spacial score (nSPS) is 11.6. The van der Waals surface area contributed by atoms with Crippen LogP contribution in [0, 0.1) is 6.92 Å².